The van der Waals surface area contributed by atoms with Crippen LogP contribution in [-0.4, -0.2) is 12.6 Å². The molecule has 52 valence electrons. The summed E-state index contributed by atoms with van der Waals surface area (Å²) >= 11 is 0. The Hall–Kier alpha value is -1.38. The highest BCUT2D eigenvalue weighted by molar-refractivity contribution is 5.82. The van der Waals surface area contributed by atoms with E-state index in [9.17, 15) is 9.59 Å². The lowest BCUT2D eigenvalue weighted by Crippen LogP contribution is -2.12. The van der Waals surface area contributed by atoms with Crippen molar-refractivity contribution in [2.45, 2.75) is 0 Å². The number of carbonyl (C=O) groups is 2. The lowest BCUT2D eigenvalue weighted by Gasteiger charge is -2.08. The molecule has 0 bridgehead atoms. The van der Waals surface area contributed by atoms with Crippen molar-refractivity contribution in [2.75, 3.05) is 0 Å². The van der Waals surface area contributed by atoms with Crippen LogP contribution in [0.2, 0.25) is 0 Å². The molecule has 0 saturated heterocycles. The number of carbonyl (C=O) groups excluding carboxylic acids is 2. The van der Waals surface area contributed by atoms with E-state index in [1.54, 1.807) is 12.3 Å². The molecule has 1 heterocycles. The summed E-state index contributed by atoms with van der Waals surface area (Å²) in [6.07, 6.45) is 6.20. The monoisotopic (exact) mass is 137 g/mol. The van der Waals surface area contributed by atoms with E-state index in [0.29, 0.717) is 11.9 Å². The Bertz CT molecular complexity index is 206. The van der Waals surface area contributed by atoms with Gasteiger partial charge in [-0.1, -0.05) is 6.08 Å². The molecule has 0 aromatic heterocycles. The number of hydrogen-bond acceptors (Lipinski definition) is 3. The average Bonchev–Trinajstić information content (AvgIpc) is 2.04. The normalized spacial score (nSPS) is 22.8. The first-order valence-electron chi connectivity index (χ1n) is 2.91. The third-order valence-corrected chi connectivity index (χ3v) is 1.32. The largest absolute Gasteiger partial charge is 0.368 e. The average molecular weight is 137 g/mol. The Morgan fingerprint density at radius 2 is 2.30 bits per heavy atom. The lowest BCUT2D eigenvalue weighted by atomic mass is 10.0. The van der Waals surface area contributed by atoms with Crippen LogP contribution in [0.1, 0.15) is 0 Å². The molecule has 3 nitrogen and oxygen atoms in total. The van der Waals surface area contributed by atoms with Crippen LogP contribution >= 0.6 is 0 Å². The van der Waals surface area contributed by atoms with Crippen LogP contribution < -0.4 is 5.32 Å². The molecule has 1 rings (SSSR count). The summed E-state index contributed by atoms with van der Waals surface area (Å²) in [6, 6.07) is 0. The van der Waals surface area contributed by atoms with E-state index in [2.05, 4.69) is 5.32 Å². The highest BCUT2D eigenvalue weighted by atomic mass is 16.1. The van der Waals surface area contributed by atoms with Crippen molar-refractivity contribution in [2.24, 2.45) is 5.92 Å². The molecule has 1 unspecified atom stereocenters. The highest BCUT2D eigenvalue weighted by Crippen LogP contribution is 2.09. The minimum Gasteiger partial charge on any atom is -0.368 e. The number of rotatable bonds is 2. The second-order valence-electron chi connectivity index (χ2n) is 1.95. The van der Waals surface area contributed by atoms with Crippen LogP contribution in [0.3, 0.4) is 0 Å². The first kappa shape index (κ1) is 6.74. The standard InChI is InChI=1S/C7H7NO2/c9-4-6-1-2-8-3-7(6)5-10/h1-6,8H. The molecule has 0 amide bonds. The maximum absolute atomic E-state index is 10.3. The Kier molecular flexibility index (Phi) is 1.99. The number of dihydropyridines is 1. The molecule has 10 heavy (non-hydrogen) atoms. The maximum Gasteiger partial charge on any atom is 0.148 e. The zero-order valence-corrected chi connectivity index (χ0v) is 5.28. The summed E-state index contributed by atoms with van der Waals surface area (Å²) in [4.78, 5) is 20.5. The van der Waals surface area contributed by atoms with Gasteiger partial charge < -0.3 is 10.1 Å². The lowest BCUT2D eigenvalue weighted by molar-refractivity contribution is -0.111. The summed E-state index contributed by atoms with van der Waals surface area (Å²) in [5.74, 6) is -0.362. The van der Waals surface area contributed by atoms with Gasteiger partial charge in [-0.05, 0) is 6.20 Å². The van der Waals surface area contributed by atoms with Crippen LogP contribution in [0, 0.1) is 5.92 Å². The Morgan fingerprint density at radius 3 is 2.80 bits per heavy atom. The van der Waals surface area contributed by atoms with Gasteiger partial charge in [0.1, 0.15) is 12.6 Å². The molecule has 1 aliphatic heterocycles. The minimum absolute atomic E-state index is 0.362. The van der Waals surface area contributed by atoms with Gasteiger partial charge in [-0.25, -0.2) is 0 Å². The zero-order valence-electron chi connectivity index (χ0n) is 5.28. The first-order chi connectivity index (χ1) is 4.88. The Morgan fingerprint density at radius 1 is 1.50 bits per heavy atom. The molecule has 1 atom stereocenters. The van der Waals surface area contributed by atoms with Crippen LogP contribution in [0.4, 0.5) is 0 Å². The van der Waals surface area contributed by atoms with Gasteiger partial charge in [0.05, 0.1) is 5.92 Å². The molecule has 3 heteroatoms. The van der Waals surface area contributed by atoms with E-state index in [-0.39, 0.29) is 5.92 Å². The van der Waals surface area contributed by atoms with E-state index >= 15 is 0 Å². The number of aldehydes is 2. The van der Waals surface area contributed by atoms with Gasteiger partial charge in [-0.15, -0.1) is 0 Å². The molecule has 0 spiro atoms. The molecule has 1 N–H and O–H groups in total. The predicted molar refractivity (Wildman–Crippen MR) is 36.0 cm³/mol. The summed E-state index contributed by atoms with van der Waals surface area (Å²) in [7, 11) is 0. The van der Waals surface area contributed by atoms with Crippen LogP contribution in [0.15, 0.2) is 24.0 Å². The fourth-order valence-corrected chi connectivity index (χ4v) is 0.747. The van der Waals surface area contributed by atoms with Crippen molar-refractivity contribution in [1.29, 1.82) is 0 Å². The molecule has 1 aliphatic rings. The van der Waals surface area contributed by atoms with Crippen LogP contribution in [0.25, 0.3) is 0 Å². The van der Waals surface area contributed by atoms with Crippen molar-refractivity contribution in [1.82, 2.24) is 5.32 Å². The van der Waals surface area contributed by atoms with E-state index in [4.69, 9.17) is 0 Å². The summed E-state index contributed by atoms with van der Waals surface area (Å²) in [5, 5.41) is 2.72. The third-order valence-electron chi connectivity index (χ3n) is 1.32. The molecule has 0 aromatic carbocycles. The number of nitrogens with one attached hydrogen (secondary N) is 1. The summed E-state index contributed by atoms with van der Waals surface area (Å²) in [6.45, 7) is 0. The summed E-state index contributed by atoms with van der Waals surface area (Å²) < 4.78 is 0. The molecule has 0 aromatic rings. The molecule has 0 radical (unpaired) electrons. The second-order valence-corrected chi connectivity index (χ2v) is 1.95. The van der Waals surface area contributed by atoms with Crippen molar-refractivity contribution < 1.29 is 9.59 Å². The van der Waals surface area contributed by atoms with Crippen molar-refractivity contribution in [3.8, 4) is 0 Å². The quantitative estimate of drug-likeness (QED) is 0.545. The fourth-order valence-electron chi connectivity index (χ4n) is 0.747. The molecule has 0 saturated carbocycles. The predicted octanol–water partition coefficient (Wildman–Crippen LogP) is 0.00120. The molecule has 0 fully saturated rings. The summed E-state index contributed by atoms with van der Waals surface area (Å²) in [5.41, 5.74) is 0.470. The van der Waals surface area contributed by atoms with E-state index in [0.717, 1.165) is 6.29 Å². The van der Waals surface area contributed by atoms with Gasteiger partial charge in [-0.3, -0.25) is 4.79 Å². The van der Waals surface area contributed by atoms with Gasteiger partial charge in [0.15, 0.2) is 0 Å². The number of allylic oxidation sites excluding steroid dienone is 2. The molecule has 0 aliphatic carbocycles. The van der Waals surface area contributed by atoms with Gasteiger partial charge in [-0.2, -0.15) is 0 Å². The van der Waals surface area contributed by atoms with E-state index in [1.807, 2.05) is 0 Å². The van der Waals surface area contributed by atoms with Gasteiger partial charge in [0.2, 0.25) is 0 Å². The van der Waals surface area contributed by atoms with E-state index in [1.165, 1.54) is 6.20 Å². The smallest absolute Gasteiger partial charge is 0.148 e. The SMILES string of the molecule is O=CC1=CNC=CC1C=O. The third kappa shape index (κ3) is 1.13. The first-order valence-corrected chi connectivity index (χ1v) is 2.91. The van der Waals surface area contributed by atoms with Crippen molar-refractivity contribution in [3.05, 3.63) is 24.0 Å². The molecular weight excluding hydrogens is 130 g/mol. The Labute approximate surface area is 58.4 Å². The van der Waals surface area contributed by atoms with Crippen molar-refractivity contribution in [3.63, 3.8) is 0 Å². The van der Waals surface area contributed by atoms with Crippen LogP contribution in [-0.2, 0) is 9.59 Å². The number of hydrogen-bond donors (Lipinski definition) is 1. The van der Waals surface area contributed by atoms with Gasteiger partial charge in [0, 0.05) is 11.8 Å². The van der Waals surface area contributed by atoms with Crippen molar-refractivity contribution >= 4 is 12.6 Å². The van der Waals surface area contributed by atoms with Crippen LogP contribution in [0.5, 0.6) is 0 Å². The van der Waals surface area contributed by atoms with Gasteiger partial charge >= 0.3 is 0 Å². The highest BCUT2D eigenvalue weighted by Gasteiger charge is 2.10. The zero-order chi connectivity index (χ0) is 7.40. The van der Waals surface area contributed by atoms with Gasteiger partial charge in [0.25, 0.3) is 0 Å². The minimum atomic E-state index is -0.362. The second kappa shape index (κ2) is 2.96. The molecular formula is C7H7NO2. The maximum atomic E-state index is 10.3. The van der Waals surface area contributed by atoms with E-state index < -0.39 is 0 Å². The Balaban J connectivity index is 2.77. The topological polar surface area (TPSA) is 46.2 Å². The fraction of sp³-hybridized carbons (Fsp3) is 0.143.